The fourth-order valence-corrected chi connectivity index (χ4v) is 8.27. The van der Waals surface area contributed by atoms with E-state index in [1.54, 1.807) is 0 Å². The first-order chi connectivity index (χ1) is 3.81. The van der Waals surface area contributed by atoms with Gasteiger partial charge in [0.1, 0.15) is 6.74 Å². The smallest absolute Gasteiger partial charge is 0.102 e. The van der Waals surface area contributed by atoms with Gasteiger partial charge in [-0.05, 0) is 6.26 Å². The summed E-state index contributed by atoms with van der Waals surface area (Å²) >= 11 is 2.13. The molecule has 9 heavy (non-hydrogen) atoms. The Morgan fingerprint density at radius 2 is 1.22 bits per heavy atom. The lowest BCUT2D eigenvalue weighted by Crippen LogP contribution is -2.49. The summed E-state index contributed by atoms with van der Waals surface area (Å²) < 4.78 is 0. The standard InChI is InChI=1S/C6H18SSi2/c1-7-9(5,6)8(2,3)4/h1-6H3. The first-order valence-corrected chi connectivity index (χ1v) is 12.8. The van der Waals surface area contributed by atoms with E-state index in [1.165, 1.54) is 0 Å². The minimum absolute atomic E-state index is 0.783. The highest BCUT2D eigenvalue weighted by molar-refractivity contribution is 8.34. The topological polar surface area (TPSA) is 0 Å². The van der Waals surface area contributed by atoms with E-state index in [4.69, 9.17) is 0 Å². The third kappa shape index (κ3) is 2.47. The van der Waals surface area contributed by atoms with Crippen molar-refractivity contribution in [2.75, 3.05) is 6.26 Å². The largest absolute Gasteiger partial charge is 0.192 e. The van der Waals surface area contributed by atoms with Crippen molar-refractivity contribution < 1.29 is 0 Å². The Balaban J connectivity index is 4.14. The van der Waals surface area contributed by atoms with Crippen LogP contribution in [-0.4, -0.2) is 20.6 Å². The van der Waals surface area contributed by atoms with Crippen LogP contribution in [0.25, 0.3) is 0 Å². The lowest BCUT2D eigenvalue weighted by atomic mass is 11.8. The molecule has 0 atom stereocenters. The van der Waals surface area contributed by atoms with Gasteiger partial charge in [0.25, 0.3) is 0 Å². The molecule has 0 aliphatic carbocycles. The molecule has 0 aliphatic heterocycles. The Morgan fingerprint density at radius 1 is 0.889 bits per heavy atom. The second kappa shape index (κ2) is 2.80. The summed E-state index contributed by atoms with van der Waals surface area (Å²) in [6, 6.07) is 0. The maximum absolute atomic E-state index is 2.49. The molecule has 0 saturated carbocycles. The van der Waals surface area contributed by atoms with Gasteiger partial charge in [0.05, 0.1) is 7.59 Å². The second-order valence-corrected chi connectivity index (χ2v) is 25.5. The van der Waals surface area contributed by atoms with E-state index in [2.05, 4.69) is 50.2 Å². The molecule has 0 aromatic heterocycles. The zero-order valence-corrected chi connectivity index (χ0v) is 10.2. The van der Waals surface area contributed by atoms with Crippen LogP contribution in [0.2, 0.25) is 32.7 Å². The highest BCUT2D eigenvalue weighted by atomic mass is 32.4. The highest BCUT2D eigenvalue weighted by Gasteiger charge is 2.35. The zero-order valence-electron chi connectivity index (χ0n) is 7.41. The van der Waals surface area contributed by atoms with Crippen molar-refractivity contribution in [2.45, 2.75) is 32.7 Å². The van der Waals surface area contributed by atoms with E-state index in [9.17, 15) is 0 Å². The lowest BCUT2D eigenvalue weighted by Gasteiger charge is -2.32. The van der Waals surface area contributed by atoms with Crippen LogP contribution in [-0.2, 0) is 0 Å². The van der Waals surface area contributed by atoms with E-state index in [0.717, 1.165) is 0 Å². The maximum Gasteiger partial charge on any atom is 0.102 e. The first-order valence-electron chi connectivity index (χ1n) is 3.36. The van der Waals surface area contributed by atoms with Gasteiger partial charge in [-0.1, -0.05) is 32.7 Å². The normalized spacial score (nSPS) is 14.0. The number of rotatable bonds is 2. The average molecular weight is 178 g/mol. The third-order valence-electron chi connectivity index (χ3n) is 2.32. The average Bonchev–Trinajstić information content (AvgIpc) is 1.64. The minimum atomic E-state index is -0.823. The Labute approximate surface area is 64.9 Å². The van der Waals surface area contributed by atoms with Crippen LogP contribution < -0.4 is 0 Å². The van der Waals surface area contributed by atoms with E-state index in [0.29, 0.717) is 0 Å². The lowest BCUT2D eigenvalue weighted by molar-refractivity contribution is 1.79. The summed E-state index contributed by atoms with van der Waals surface area (Å²) in [5, 5.41) is 0. The molecule has 0 saturated heterocycles. The number of hydrogen-bond acceptors (Lipinski definition) is 1. The minimum Gasteiger partial charge on any atom is -0.192 e. The molecule has 0 spiro atoms. The second-order valence-electron chi connectivity index (χ2n) is 3.96. The first kappa shape index (κ1) is 9.78. The van der Waals surface area contributed by atoms with Gasteiger partial charge >= 0.3 is 0 Å². The van der Waals surface area contributed by atoms with Crippen LogP contribution in [0.15, 0.2) is 0 Å². The Bertz CT molecular complexity index is 93.7. The van der Waals surface area contributed by atoms with Crippen LogP contribution in [0.3, 0.4) is 0 Å². The van der Waals surface area contributed by atoms with Gasteiger partial charge in [0, 0.05) is 0 Å². The quantitative estimate of drug-likeness (QED) is 0.586. The molecule has 0 aliphatic rings. The van der Waals surface area contributed by atoms with Crippen molar-refractivity contribution in [3.63, 3.8) is 0 Å². The van der Waals surface area contributed by atoms with E-state index in [1.807, 2.05) is 0 Å². The van der Waals surface area contributed by atoms with Crippen LogP contribution in [0.4, 0.5) is 0 Å². The summed E-state index contributed by atoms with van der Waals surface area (Å²) in [4.78, 5) is 0. The molecule has 0 N–H and O–H groups in total. The van der Waals surface area contributed by atoms with Gasteiger partial charge < -0.3 is 0 Å². The van der Waals surface area contributed by atoms with E-state index in [-0.39, 0.29) is 0 Å². The van der Waals surface area contributed by atoms with Gasteiger partial charge in [-0.2, -0.15) is 11.2 Å². The van der Waals surface area contributed by atoms with Crippen LogP contribution in [0.1, 0.15) is 0 Å². The molecule has 0 heterocycles. The molecule has 0 radical (unpaired) electrons. The predicted octanol–water partition coefficient (Wildman–Crippen LogP) is 2.97. The molecule has 0 bridgehead atoms. The Kier molecular flexibility index (Phi) is 3.05. The molecule has 0 fully saturated rings. The molecule has 56 valence electrons. The summed E-state index contributed by atoms with van der Waals surface area (Å²) in [6.07, 6.45) is 2.27. The molecule has 0 nitrogen and oxygen atoms in total. The SMILES string of the molecule is CS[Si](C)(C)[Si](C)(C)C. The van der Waals surface area contributed by atoms with Crippen LogP contribution >= 0.6 is 11.2 Å². The van der Waals surface area contributed by atoms with Crippen molar-refractivity contribution in [1.82, 2.24) is 0 Å². The van der Waals surface area contributed by atoms with Gasteiger partial charge in [0.15, 0.2) is 0 Å². The Morgan fingerprint density at radius 3 is 1.22 bits per heavy atom. The van der Waals surface area contributed by atoms with Crippen molar-refractivity contribution in [2.24, 2.45) is 0 Å². The molecule has 0 amide bonds. The molecular formula is C6H18SSi2. The van der Waals surface area contributed by atoms with Gasteiger partial charge in [-0.15, -0.1) is 0 Å². The van der Waals surface area contributed by atoms with Crippen LogP contribution in [0.5, 0.6) is 0 Å². The fourth-order valence-electron chi connectivity index (χ4n) is 0.306. The van der Waals surface area contributed by atoms with Crippen molar-refractivity contribution in [3.8, 4) is 0 Å². The Hall–Kier alpha value is 0.784. The fraction of sp³-hybridized carbons (Fsp3) is 1.00. The van der Waals surface area contributed by atoms with Gasteiger partial charge in [-0.25, -0.2) is 0 Å². The van der Waals surface area contributed by atoms with Gasteiger partial charge in [0.2, 0.25) is 0 Å². The molecule has 0 aromatic rings. The summed E-state index contributed by atoms with van der Waals surface area (Å²) in [6.45, 7) is 11.6. The molecular weight excluding hydrogens is 160 g/mol. The van der Waals surface area contributed by atoms with Crippen molar-refractivity contribution in [3.05, 3.63) is 0 Å². The predicted molar refractivity (Wildman–Crippen MR) is 54.3 cm³/mol. The summed E-state index contributed by atoms with van der Waals surface area (Å²) in [7, 11) is -0.783. The van der Waals surface area contributed by atoms with Crippen LogP contribution in [0, 0.1) is 0 Å². The molecule has 0 aromatic carbocycles. The van der Waals surface area contributed by atoms with Gasteiger partial charge in [-0.3, -0.25) is 0 Å². The van der Waals surface area contributed by atoms with Crippen molar-refractivity contribution in [1.29, 1.82) is 0 Å². The summed E-state index contributed by atoms with van der Waals surface area (Å²) in [5.41, 5.74) is 0. The zero-order chi connectivity index (χ0) is 7.71. The molecule has 0 rings (SSSR count). The van der Waals surface area contributed by atoms with Crippen molar-refractivity contribution >= 4 is 25.5 Å². The molecule has 3 heteroatoms. The third-order valence-corrected chi connectivity index (χ3v) is 28.2. The monoisotopic (exact) mass is 178 g/mol. The summed E-state index contributed by atoms with van der Waals surface area (Å²) in [5.74, 6) is 0. The molecule has 0 unspecified atom stereocenters. The van der Waals surface area contributed by atoms with E-state index >= 15 is 0 Å². The number of hydrogen-bond donors (Lipinski definition) is 0. The highest BCUT2D eigenvalue weighted by Crippen LogP contribution is 2.27. The van der Waals surface area contributed by atoms with E-state index < -0.39 is 14.3 Å². The maximum atomic E-state index is 2.49.